The minimum Gasteiger partial charge on any atom is -0.395 e. The highest BCUT2D eigenvalue weighted by atomic mass is 16.5. The normalized spacial score (nSPS) is 19.3. The minimum absolute atomic E-state index is 0. The van der Waals surface area contributed by atoms with Crippen molar-refractivity contribution in [3.8, 4) is 0 Å². The first-order valence-electron chi connectivity index (χ1n) is 4.91. The van der Waals surface area contributed by atoms with Gasteiger partial charge in [0.25, 0.3) is 0 Å². The first kappa shape index (κ1) is 13.8. The van der Waals surface area contributed by atoms with Crippen LogP contribution < -0.4 is 0 Å². The number of nitrogens with zero attached hydrogens (tertiary/aromatic N) is 2. The van der Waals surface area contributed by atoms with E-state index < -0.39 is 0 Å². The second-order valence-electron chi connectivity index (χ2n) is 3.40. The Labute approximate surface area is 87.5 Å². The quantitative estimate of drug-likeness (QED) is 0.677. The van der Waals surface area contributed by atoms with Gasteiger partial charge in [-0.05, 0) is 0 Å². The van der Waals surface area contributed by atoms with Crippen LogP contribution >= 0.6 is 0 Å². The Morgan fingerprint density at radius 2 is 1.57 bits per heavy atom. The summed E-state index contributed by atoms with van der Waals surface area (Å²) in [5.74, 6) is 0. The average molecular weight is 204 g/mol. The van der Waals surface area contributed by atoms with Gasteiger partial charge in [0.05, 0.1) is 13.2 Å². The molecule has 4 nitrogen and oxygen atoms in total. The maximum Gasteiger partial charge on any atom is 0.0589 e. The van der Waals surface area contributed by atoms with E-state index >= 15 is 0 Å². The highest BCUT2D eigenvalue weighted by Gasteiger charge is 2.15. The average Bonchev–Trinajstić information content (AvgIpc) is 2.17. The molecular formula is C10H24N2O2. The van der Waals surface area contributed by atoms with Gasteiger partial charge in [-0.1, -0.05) is 7.43 Å². The molecule has 1 aliphatic rings. The molecule has 0 saturated carbocycles. The van der Waals surface area contributed by atoms with Crippen molar-refractivity contribution in [3.63, 3.8) is 0 Å². The molecule has 1 fully saturated rings. The predicted octanol–water partition coefficient (Wildman–Crippen LogP) is -0.121. The van der Waals surface area contributed by atoms with Crippen LogP contribution in [0.3, 0.4) is 0 Å². The first-order chi connectivity index (χ1) is 6.36. The van der Waals surface area contributed by atoms with Gasteiger partial charge in [-0.15, -0.1) is 0 Å². The van der Waals surface area contributed by atoms with Crippen LogP contribution in [0.5, 0.6) is 0 Å². The lowest BCUT2D eigenvalue weighted by Gasteiger charge is -2.34. The van der Waals surface area contributed by atoms with Gasteiger partial charge in [-0.2, -0.15) is 0 Å². The molecule has 1 heterocycles. The Hall–Kier alpha value is -0.160. The molecule has 1 saturated heterocycles. The summed E-state index contributed by atoms with van der Waals surface area (Å²) in [4.78, 5) is 4.70. The fourth-order valence-corrected chi connectivity index (χ4v) is 1.60. The molecule has 0 aromatic carbocycles. The maximum absolute atomic E-state index is 8.75. The summed E-state index contributed by atoms with van der Waals surface area (Å²) in [6.45, 7) is 7.29. The molecule has 1 N–H and O–H groups in total. The molecule has 1 rings (SSSR count). The van der Waals surface area contributed by atoms with Crippen molar-refractivity contribution >= 4 is 0 Å². The zero-order valence-electron chi connectivity index (χ0n) is 8.41. The Kier molecular flexibility index (Phi) is 8.08. The van der Waals surface area contributed by atoms with Gasteiger partial charge < -0.3 is 9.84 Å². The molecule has 0 bridgehead atoms. The van der Waals surface area contributed by atoms with Crippen LogP contribution in [0.25, 0.3) is 0 Å². The summed E-state index contributed by atoms with van der Waals surface area (Å²) in [6, 6.07) is 0. The number of methoxy groups -OCH3 is 1. The molecule has 0 radical (unpaired) electrons. The summed E-state index contributed by atoms with van der Waals surface area (Å²) >= 11 is 0. The number of hydrogen-bond acceptors (Lipinski definition) is 4. The van der Waals surface area contributed by atoms with E-state index in [1.807, 2.05) is 0 Å². The molecule has 0 amide bonds. The SMILES string of the molecule is C.COCCN1CCN(CCO)CC1. The van der Waals surface area contributed by atoms with Gasteiger partial charge in [0.15, 0.2) is 0 Å². The van der Waals surface area contributed by atoms with E-state index in [0.717, 1.165) is 45.9 Å². The van der Waals surface area contributed by atoms with Gasteiger partial charge in [0.1, 0.15) is 0 Å². The standard InChI is InChI=1S/C9H20N2O2.CH4/c1-13-9-7-11-4-2-10(3-5-11)6-8-12;/h12H,2-9H2,1H3;1H4. The second kappa shape index (κ2) is 8.17. The van der Waals surface area contributed by atoms with Gasteiger partial charge >= 0.3 is 0 Å². The van der Waals surface area contributed by atoms with E-state index in [1.165, 1.54) is 0 Å². The van der Waals surface area contributed by atoms with E-state index in [4.69, 9.17) is 9.84 Å². The van der Waals surface area contributed by atoms with E-state index in [0.29, 0.717) is 0 Å². The van der Waals surface area contributed by atoms with Crippen molar-refractivity contribution in [1.82, 2.24) is 9.80 Å². The topological polar surface area (TPSA) is 35.9 Å². The number of piperazine rings is 1. The zero-order valence-corrected chi connectivity index (χ0v) is 8.41. The third kappa shape index (κ3) is 4.91. The van der Waals surface area contributed by atoms with Gasteiger partial charge in [-0.3, -0.25) is 9.80 Å². The van der Waals surface area contributed by atoms with Crippen molar-refractivity contribution < 1.29 is 9.84 Å². The summed E-state index contributed by atoms with van der Waals surface area (Å²) in [5.41, 5.74) is 0. The molecular weight excluding hydrogens is 180 g/mol. The maximum atomic E-state index is 8.75. The lowest BCUT2D eigenvalue weighted by Crippen LogP contribution is -2.47. The molecule has 0 atom stereocenters. The summed E-state index contributed by atoms with van der Waals surface area (Å²) in [5, 5.41) is 8.75. The number of aliphatic hydroxyl groups excluding tert-OH is 1. The summed E-state index contributed by atoms with van der Waals surface area (Å²) in [7, 11) is 1.74. The molecule has 1 aliphatic heterocycles. The highest BCUT2D eigenvalue weighted by molar-refractivity contribution is 4.71. The van der Waals surface area contributed by atoms with Crippen LogP contribution in [0.2, 0.25) is 0 Å². The largest absolute Gasteiger partial charge is 0.395 e. The molecule has 4 heteroatoms. The minimum atomic E-state index is 0. The number of ether oxygens (including phenoxy) is 1. The van der Waals surface area contributed by atoms with Crippen molar-refractivity contribution in [2.45, 2.75) is 7.43 Å². The van der Waals surface area contributed by atoms with E-state index in [9.17, 15) is 0 Å². The van der Waals surface area contributed by atoms with Gasteiger partial charge in [0.2, 0.25) is 0 Å². The van der Waals surface area contributed by atoms with Crippen LogP contribution in [0.1, 0.15) is 7.43 Å². The second-order valence-corrected chi connectivity index (χ2v) is 3.40. The molecule has 0 aromatic rings. The van der Waals surface area contributed by atoms with Gasteiger partial charge in [-0.25, -0.2) is 0 Å². The lowest BCUT2D eigenvalue weighted by atomic mass is 10.3. The number of rotatable bonds is 5. The zero-order chi connectivity index (χ0) is 9.52. The summed E-state index contributed by atoms with van der Waals surface area (Å²) in [6.07, 6.45) is 0. The third-order valence-electron chi connectivity index (χ3n) is 2.49. The van der Waals surface area contributed by atoms with E-state index in [-0.39, 0.29) is 14.0 Å². The Morgan fingerprint density at radius 3 is 2.00 bits per heavy atom. The van der Waals surface area contributed by atoms with Crippen molar-refractivity contribution in [2.24, 2.45) is 0 Å². The molecule has 86 valence electrons. The van der Waals surface area contributed by atoms with Crippen molar-refractivity contribution in [2.75, 3.05) is 59.6 Å². The number of hydrogen-bond donors (Lipinski definition) is 1. The van der Waals surface area contributed by atoms with Crippen LogP contribution in [0.4, 0.5) is 0 Å². The fraction of sp³-hybridized carbons (Fsp3) is 1.00. The summed E-state index contributed by atoms with van der Waals surface area (Å²) < 4.78 is 5.02. The first-order valence-corrected chi connectivity index (χ1v) is 4.91. The predicted molar refractivity (Wildman–Crippen MR) is 58.6 cm³/mol. The van der Waals surface area contributed by atoms with E-state index in [2.05, 4.69) is 9.80 Å². The van der Waals surface area contributed by atoms with Crippen LogP contribution in [0, 0.1) is 0 Å². The number of β-amino-alcohol motifs (C(OH)–C–C–N with tert-alkyl or cyclic N) is 1. The van der Waals surface area contributed by atoms with Crippen molar-refractivity contribution in [1.29, 1.82) is 0 Å². The highest BCUT2D eigenvalue weighted by Crippen LogP contribution is 2.00. The van der Waals surface area contributed by atoms with E-state index in [1.54, 1.807) is 7.11 Å². The molecule has 0 aromatic heterocycles. The molecule has 0 aliphatic carbocycles. The Balaban J connectivity index is 0.00000169. The Bertz CT molecular complexity index is 125. The molecule has 0 unspecified atom stereocenters. The molecule has 14 heavy (non-hydrogen) atoms. The van der Waals surface area contributed by atoms with Crippen molar-refractivity contribution in [3.05, 3.63) is 0 Å². The fourth-order valence-electron chi connectivity index (χ4n) is 1.60. The van der Waals surface area contributed by atoms with Crippen LogP contribution in [-0.4, -0.2) is 74.5 Å². The Morgan fingerprint density at radius 1 is 1.07 bits per heavy atom. The lowest BCUT2D eigenvalue weighted by molar-refractivity contribution is 0.0871. The van der Waals surface area contributed by atoms with Crippen LogP contribution in [-0.2, 0) is 4.74 Å². The monoisotopic (exact) mass is 204 g/mol. The van der Waals surface area contributed by atoms with Gasteiger partial charge in [0, 0.05) is 46.4 Å². The smallest absolute Gasteiger partial charge is 0.0589 e. The molecule has 0 spiro atoms. The third-order valence-corrected chi connectivity index (χ3v) is 2.49. The van der Waals surface area contributed by atoms with Crippen LogP contribution in [0.15, 0.2) is 0 Å². The number of aliphatic hydroxyl groups is 1.